The minimum Gasteiger partial charge on any atom is -0.480 e. The third-order valence-corrected chi connectivity index (χ3v) is 4.08. The van der Waals surface area contributed by atoms with E-state index in [0.717, 1.165) is 38.8 Å². The van der Waals surface area contributed by atoms with Gasteiger partial charge in [0.2, 0.25) is 5.91 Å². The van der Waals surface area contributed by atoms with Crippen molar-refractivity contribution in [2.24, 2.45) is 11.3 Å². The molecule has 0 spiro atoms. The topological polar surface area (TPSA) is 78.4 Å². The lowest BCUT2D eigenvalue weighted by Crippen LogP contribution is -2.52. The van der Waals surface area contributed by atoms with Crippen molar-refractivity contribution in [3.8, 4) is 0 Å². The lowest BCUT2D eigenvalue weighted by atomic mass is 9.74. The molecular formula is C15H28N2O3. The Morgan fingerprint density at radius 2 is 1.90 bits per heavy atom. The number of amides is 1. The molecule has 0 unspecified atom stereocenters. The van der Waals surface area contributed by atoms with E-state index in [-0.39, 0.29) is 17.2 Å². The molecule has 0 bridgehead atoms. The predicted molar refractivity (Wildman–Crippen MR) is 78.5 cm³/mol. The standard InChI is InChI=1S/C15H28N2O3/c1-4-5-15(6-8-16-9-7-15)14(20)17-12(13(18)19)10-11(2)3/h11-12,16H,4-10H2,1-3H3,(H,17,20)(H,18,19)/t12-/m1/s1. The Labute approximate surface area is 121 Å². The van der Waals surface area contributed by atoms with Gasteiger partial charge in [0.15, 0.2) is 0 Å². The summed E-state index contributed by atoms with van der Waals surface area (Å²) in [7, 11) is 0. The Balaban J connectivity index is 2.75. The molecule has 0 saturated carbocycles. The molecule has 0 aromatic heterocycles. The third-order valence-electron chi connectivity index (χ3n) is 4.08. The van der Waals surface area contributed by atoms with E-state index in [1.807, 2.05) is 13.8 Å². The average Bonchev–Trinajstić information content (AvgIpc) is 2.38. The van der Waals surface area contributed by atoms with E-state index in [9.17, 15) is 14.7 Å². The van der Waals surface area contributed by atoms with Crippen LogP contribution in [0.3, 0.4) is 0 Å². The van der Waals surface area contributed by atoms with Gasteiger partial charge in [-0.2, -0.15) is 0 Å². The first-order valence-corrected chi connectivity index (χ1v) is 7.66. The highest BCUT2D eigenvalue weighted by Crippen LogP contribution is 2.34. The minimum atomic E-state index is -0.937. The molecule has 1 atom stereocenters. The first-order chi connectivity index (χ1) is 9.41. The van der Waals surface area contributed by atoms with Crippen molar-refractivity contribution in [3.05, 3.63) is 0 Å². The smallest absolute Gasteiger partial charge is 0.326 e. The molecule has 1 aliphatic heterocycles. The van der Waals surface area contributed by atoms with Crippen LogP contribution in [0.25, 0.3) is 0 Å². The number of hydrogen-bond donors (Lipinski definition) is 3. The molecule has 1 aliphatic rings. The number of nitrogens with one attached hydrogen (secondary N) is 2. The fraction of sp³-hybridized carbons (Fsp3) is 0.867. The Morgan fingerprint density at radius 3 is 2.35 bits per heavy atom. The molecule has 20 heavy (non-hydrogen) atoms. The number of carboxylic acid groups (broad SMARTS) is 1. The zero-order chi connectivity index (χ0) is 15.2. The summed E-state index contributed by atoms with van der Waals surface area (Å²) in [6.45, 7) is 7.66. The fourth-order valence-corrected chi connectivity index (χ4v) is 2.98. The molecule has 1 heterocycles. The number of carboxylic acids is 1. The van der Waals surface area contributed by atoms with Crippen LogP contribution in [0, 0.1) is 11.3 Å². The van der Waals surface area contributed by atoms with E-state index in [1.54, 1.807) is 0 Å². The molecule has 1 fully saturated rings. The highest BCUT2D eigenvalue weighted by atomic mass is 16.4. The van der Waals surface area contributed by atoms with Gasteiger partial charge in [-0.15, -0.1) is 0 Å². The number of hydrogen-bond acceptors (Lipinski definition) is 3. The van der Waals surface area contributed by atoms with E-state index in [2.05, 4.69) is 17.6 Å². The zero-order valence-electron chi connectivity index (χ0n) is 12.9. The molecule has 116 valence electrons. The van der Waals surface area contributed by atoms with Crippen LogP contribution in [0.1, 0.15) is 52.9 Å². The summed E-state index contributed by atoms with van der Waals surface area (Å²) in [4.78, 5) is 23.9. The molecule has 5 heteroatoms. The van der Waals surface area contributed by atoms with Gasteiger partial charge in [0.05, 0.1) is 5.41 Å². The number of aliphatic carboxylic acids is 1. The van der Waals surface area contributed by atoms with Crippen LogP contribution < -0.4 is 10.6 Å². The number of carbonyl (C=O) groups excluding carboxylic acids is 1. The molecule has 0 radical (unpaired) electrons. The van der Waals surface area contributed by atoms with Crippen molar-refractivity contribution < 1.29 is 14.7 Å². The van der Waals surface area contributed by atoms with Crippen molar-refractivity contribution >= 4 is 11.9 Å². The van der Waals surface area contributed by atoms with Gasteiger partial charge in [0.1, 0.15) is 6.04 Å². The normalized spacial score (nSPS) is 19.6. The molecule has 0 aromatic rings. The van der Waals surface area contributed by atoms with Crippen LogP contribution in [0.15, 0.2) is 0 Å². The maximum atomic E-state index is 12.6. The Bertz CT molecular complexity index is 331. The Morgan fingerprint density at radius 1 is 1.30 bits per heavy atom. The van der Waals surface area contributed by atoms with Crippen molar-refractivity contribution in [2.45, 2.75) is 58.9 Å². The first kappa shape index (κ1) is 17.0. The monoisotopic (exact) mass is 284 g/mol. The van der Waals surface area contributed by atoms with Gasteiger partial charge in [0.25, 0.3) is 0 Å². The maximum Gasteiger partial charge on any atom is 0.326 e. The lowest BCUT2D eigenvalue weighted by molar-refractivity contribution is -0.145. The summed E-state index contributed by atoms with van der Waals surface area (Å²) in [5.41, 5.74) is -0.384. The van der Waals surface area contributed by atoms with Gasteiger partial charge in [-0.05, 0) is 44.7 Å². The minimum absolute atomic E-state index is 0.0751. The fourth-order valence-electron chi connectivity index (χ4n) is 2.98. The molecule has 5 nitrogen and oxygen atoms in total. The summed E-state index contributed by atoms with van der Waals surface area (Å²) in [6, 6.07) is -0.772. The average molecular weight is 284 g/mol. The summed E-state index contributed by atoms with van der Waals surface area (Å²) in [5.74, 6) is -0.770. The van der Waals surface area contributed by atoms with E-state index in [1.165, 1.54) is 0 Å². The second kappa shape index (κ2) is 7.62. The lowest BCUT2D eigenvalue weighted by Gasteiger charge is -2.37. The highest BCUT2D eigenvalue weighted by Gasteiger charge is 2.40. The van der Waals surface area contributed by atoms with Gasteiger partial charge in [-0.3, -0.25) is 4.79 Å². The summed E-state index contributed by atoms with van der Waals surface area (Å²) in [6.07, 6.45) is 3.83. The van der Waals surface area contributed by atoms with E-state index in [4.69, 9.17) is 0 Å². The summed E-state index contributed by atoms with van der Waals surface area (Å²) in [5, 5.41) is 15.3. The van der Waals surface area contributed by atoms with Crippen LogP contribution in [0.5, 0.6) is 0 Å². The third kappa shape index (κ3) is 4.47. The van der Waals surface area contributed by atoms with E-state index >= 15 is 0 Å². The number of carbonyl (C=O) groups is 2. The van der Waals surface area contributed by atoms with Crippen molar-refractivity contribution in [3.63, 3.8) is 0 Å². The Kier molecular flexibility index (Phi) is 6.46. The first-order valence-electron chi connectivity index (χ1n) is 7.66. The van der Waals surface area contributed by atoms with Crippen LogP contribution >= 0.6 is 0 Å². The Hall–Kier alpha value is -1.10. The van der Waals surface area contributed by atoms with Gasteiger partial charge in [-0.1, -0.05) is 27.2 Å². The van der Waals surface area contributed by atoms with E-state index < -0.39 is 12.0 Å². The van der Waals surface area contributed by atoms with Crippen LogP contribution in [-0.2, 0) is 9.59 Å². The van der Waals surface area contributed by atoms with Crippen molar-refractivity contribution in [1.29, 1.82) is 0 Å². The largest absolute Gasteiger partial charge is 0.480 e. The van der Waals surface area contributed by atoms with Crippen molar-refractivity contribution in [1.82, 2.24) is 10.6 Å². The van der Waals surface area contributed by atoms with Crippen LogP contribution in [0.4, 0.5) is 0 Å². The highest BCUT2D eigenvalue weighted by molar-refractivity contribution is 5.87. The number of rotatable bonds is 7. The second-order valence-electron chi connectivity index (χ2n) is 6.27. The predicted octanol–water partition coefficient (Wildman–Crippen LogP) is 1.77. The number of piperidine rings is 1. The SMILES string of the molecule is CCCC1(C(=O)N[C@H](CC(C)C)C(=O)O)CCNCC1. The summed E-state index contributed by atoms with van der Waals surface area (Å²) >= 11 is 0. The van der Waals surface area contributed by atoms with Gasteiger partial charge < -0.3 is 15.7 Å². The van der Waals surface area contributed by atoms with Gasteiger partial charge >= 0.3 is 5.97 Å². The molecule has 1 amide bonds. The quantitative estimate of drug-likeness (QED) is 0.666. The van der Waals surface area contributed by atoms with E-state index in [0.29, 0.717) is 6.42 Å². The molecule has 0 aromatic carbocycles. The maximum absolute atomic E-state index is 12.6. The van der Waals surface area contributed by atoms with Crippen molar-refractivity contribution in [2.75, 3.05) is 13.1 Å². The van der Waals surface area contributed by atoms with Gasteiger partial charge in [0, 0.05) is 0 Å². The molecule has 3 N–H and O–H groups in total. The molecular weight excluding hydrogens is 256 g/mol. The zero-order valence-corrected chi connectivity index (χ0v) is 12.9. The van der Waals surface area contributed by atoms with Crippen LogP contribution in [0.2, 0.25) is 0 Å². The second-order valence-corrected chi connectivity index (χ2v) is 6.27. The molecule has 1 saturated heterocycles. The molecule has 0 aliphatic carbocycles. The van der Waals surface area contributed by atoms with Crippen LogP contribution in [-0.4, -0.2) is 36.1 Å². The molecule has 1 rings (SSSR count). The summed E-state index contributed by atoms with van der Waals surface area (Å²) < 4.78 is 0. The van der Waals surface area contributed by atoms with Gasteiger partial charge in [-0.25, -0.2) is 4.79 Å².